The third-order valence-electron chi connectivity index (χ3n) is 3.20. The lowest BCUT2D eigenvalue weighted by Gasteiger charge is -2.25. The Hall–Kier alpha value is -0.120. The van der Waals surface area contributed by atoms with Crippen LogP contribution < -0.4 is 5.73 Å². The normalized spacial score (nSPS) is 26.4. The Bertz CT molecular complexity index is 151. The zero-order chi connectivity index (χ0) is 10.4. The van der Waals surface area contributed by atoms with E-state index in [4.69, 9.17) is 15.6 Å². The molecule has 0 saturated carbocycles. The highest BCUT2D eigenvalue weighted by Crippen LogP contribution is 2.25. The van der Waals surface area contributed by atoms with E-state index in [-0.39, 0.29) is 12.0 Å². The van der Waals surface area contributed by atoms with Crippen LogP contribution in [0.2, 0.25) is 0 Å². The monoisotopic (exact) mass is 201 g/mol. The van der Waals surface area contributed by atoms with Crippen molar-refractivity contribution in [1.29, 1.82) is 0 Å². The first-order chi connectivity index (χ1) is 6.70. The molecule has 0 spiro atoms. The van der Waals surface area contributed by atoms with E-state index in [0.717, 1.165) is 25.9 Å². The van der Waals surface area contributed by atoms with Crippen LogP contribution in [0.4, 0.5) is 0 Å². The SMILES string of the molecule is CC(CN)(CO)CCCC1CCCO1. The van der Waals surface area contributed by atoms with Crippen LogP contribution in [0.15, 0.2) is 0 Å². The Morgan fingerprint density at radius 3 is 2.86 bits per heavy atom. The van der Waals surface area contributed by atoms with Crippen molar-refractivity contribution in [3.8, 4) is 0 Å². The molecular formula is C11H23NO2. The second kappa shape index (κ2) is 5.69. The van der Waals surface area contributed by atoms with Gasteiger partial charge < -0.3 is 15.6 Å². The molecule has 1 rings (SSSR count). The van der Waals surface area contributed by atoms with Crippen LogP contribution in [0.25, 0.3) is 0 Å². The number of hydrogen-bond acceptors (Lipinski definition) is 3. The van der Waals surface area contributed by atoms with Gasteiger partial charge >= 0.3 is 0 Å². The molecule has 0 bridgehead atoms. The zero-order valence-corrected chi connectivity index (χ0v) is 9.17. The van der Waals surface area contributed by atoms with Gasteiger partial charge in [0.2, 0.25) is 0 Å². The van der Waals surface area contributed by atoms with Crippen molar-refractivity contribution >= 4 is 0 Å². The predicted octanol–water partition coefficient (Wildman–Crippen LogP) is 1.29. The lowest BCUT2D eigenvalue weighted by atomic mass is 9.85. The Morgan fingerprint density at radius 2 is 2.36 bits per heavy atom. The molecule has 1 aliphatic heterocycles. The number of aliphatic hydroxyl groups excluding tert-OH is 1. The van der Waals surface area contributed by atoms with Crippen LogP contribution in [0.1, 0.15) is 39.0 Å². The molecule has 2 unspecified atom stereocenters. The van der Waals surface area contributed by atoms with Gasteiger partial charge in [-0.2, -0.15) is 0 Å². The van der Waals surface area contributed by atoms with Crippen molar-refractivity contribution in [2.75, 3.05) is 19.8 Å². The van der Waals surface area contributed by atoms with Crippen molar-refractivity contribution in [2.45, 2.75) is 45.1 Å². The maximum atomic E-state index is 9.17. The average molecular weight is 201 g/mol. The highest BCUT2D eigenvalue weighted by Gasteiger charge is 2.22. The van der Waals surface area contributed by atoms with Crippen LogP contribution in [0.3, 0.4) is 0 Å². The largest absolute Gasteiger partial charge is 0.396 e. The Balaban J connectivity index is 2.12. The highest BCUT2D eigenvalue weighted by molar-refractivity contribution is 4.75. The van der Waals surface area contributed by atoms with E-state index in [2.05, 4.69) is 0 Å². The van der Waals surface area contributed by atoms with Crippen molar-refractivity contribution in [1.82, 2.24) is 0 Å². The molecule has 3 nitrogen and oxygen atoms in total. The number of hydrogen-bond donors (Lipinski definition) is 2. The van der Waals surface area contributed by atoms with Gasteiger partial charge in [-0.3, -0.25) is 0 Å². The zero-order valence-electron chi connectivity index (χ0n) is 9.17. The van der Waals surface area contributed by atoms with Crippen molar-refractivity contribution in [3.05, 3.63) is 0 Å². The van der Waals surface area contributed by atoms with E-state index < -0.39 is 0 Å². The van der Waals surface area contributed by atoms with Gasteiger partial charge in [-0.1, -0.05) is 13.3 Å². The molecule has 84 valence electrons. The van der Waals surface area contributed by atoms with Gasteiger partial charge in [-0.15, -0.1) is 0 Å². The minimum Gasteiger partial charge on any atom is -0.396 e. The minimum absolute atomic E-state index is 0.0847. The van der Waals surface area contributed by atoms with E-state index in [1.807, 2.05) is 6.92 Å². The second-order valence-electron chi connectivity index (χ2n) is 4.70. The molecule has 1 saturated heterocycles. The summed E-state index contributed by atoms with van der Waals surface area (Å²) in [6.07, 6.45) is 6.11. The molecule has 0 aromatic rings. The fourth-order valence-corrected chi connectivity index (χ4v) is 1.87. The van der Waals surface area contributed by atoms with Gasteiger partial charge in [-0.05, 0) is 32.2 Å². The third-order valence-corrected chi connectivity index (χ3v) is 3.20. The molecule has 3 heteroatoms. The summed E-state index contributed by atoms with van der Waals surface area (Å²) in [5.74, 6) is 0. The average Bonchev–Trinajstić information content (AvgIpc) is 2.70. The van der Waals surface area contributed by atoms with E-state index in [1.165, 1.54) is 12.8 Å². The van der Waals surface area contributed by atoms with Crippen molar-refractivity contribution in [2.24, 2.45) is 11.1 Å². The number of aliphatic hydroxyl groups is 1. The standard InChI is InChI=1S/C11H23NO2/c1-11(8-12,9-13)6-2-4-10-5-3-7-14-10/h10,13H,2-9,12H2,1H3. The maximum Gasteiger partial charge on any atom is 0.0576 e. The second-order valence-corrected chi connectivity index (χ2v) is 4.70. The molecule has 1 fully saturated rings. The topological polar surface area (TPSA) is 55.5 Å². The summed E-state index contributed by atoms with van der Waals surface area (Å²) in [5, 5.41) is 9.17. The van der Waals surface area contributed by atoms with Gasteiger partial charge in [-0.25, -0.2) is 0 Å². The predicted molar refractivity (Wildman–Crippen MR) is 57.1 cm³/mol. The van der Waals surface area contributed by atoms with Crippen LogP contribution in [0.5, 0.6) is 0 Å². The van der Waals surface area contributed by atoms with Crippen LogP contribution >= 0.6 is 0 Å². The molecule has 3 N–H and O–H groups in total. The number of nitrogens with two attached hydrogens (primary N) is 1. The summed E-state index contributed by atoms with van der Waals surface area (Å²) in [5.41, 5.74) is 5.54. The van der Waals surface area contributed by atoms with Crippen LogP contribution in [-0.2, 0) is 4.74 Å². The lowest BCUT2D eigenvalue weighted by molar-refractivity contribution is 0.0906. The molecule has 0 aromatic carbocycles. The van der Waals surface area contributed by atoms with Gasteiger partial charge in [0.15, 0.2) is 0 Å². The first-order valence-corrected chi connectivity index (χ1v) is 5.63. The molecule has 0 radical (unpaired) electrons. The number of ether oxygens (including phenoxy) is 1. The Kier molecular flexibility index (Phi) is 4.85. The number of rotatable bonds is 6. The minimum atomic E-state index is -0.0847. The van der Waals surface area contributed by atoms with Gasteiger partial charge in [0.05, 0.1) is 6.10 Å². The van der Waals surface area contributed by atoms with E-state index in [1.54, 1.807) is 0 Å². The molecule has 14 heavy (non-hydrogen) atoms. The Morgan fingerprint density at radius 1 is 1.57 bits per heavy atom. The smallest absolute Gasteiger partial charge is 0.0576 e. The lowest BCUT2D eigenvalue weighted by Crippen LogP contribution is -2.31. The fraction of sp³-hybridized carbons (Fsp3) is 1.00. The van der Waals surface area contributed by atoms with E-state index >= 15 is 0 Å². The van der Waals surface area contributed by atoms with Crippen molar-refractivity contribution < 1.29 is 9.84 Å². The molecule has 0 aromatic heterocycles. The molecule has 0 amide bonds. The summed E-state index contributed by atoms with van der Waals surface area (Å²) >= 11 is 0. The van der Waals surface area contributed by atoms with Gasteiger partial charge in [0, 0.05) is 18.6 Å². The Labute approximate surface area is 86.6 Å². The highest BCUT2D eigenvalue weighted by atomic mass is 16.5. The van der Waals surface area contributed by atoms with Crippen LogP contribution in [-0.4, -0.2) is 31.0 Å². The van der Waals surface area contributed by atoms with Gasteiger partial charge in [0.1, 0.15) is 0 Å². The quantitative estimate of drug-likeness (QED) is 0.681. The van der Waals surface area contributed by atoms with Crippen molar-refractivity contribution in [3.63, 3.8) is 0 Å². The molecule has 1 heterocycles. The molecule has 2 atom stereocenters. The molecule has 0 aliphatic carbocycles. The first kappa shape index (κ1) is 12.0. The van der Waals surface area contributed by atoms with E-state index in [0.29, 0.717) is 12.6 Å². The molecule has 1 aliphatic rings. The van der Waals surface area contributed by atoms with E-state index in [9.17, 15) is 0 Å². The van der Waals surface area contributed by atoms with Gasteiger partial charge in [0.25, 0.3) is 0 Å². The summed E-state index contributed by atoms with van der Waals surface area (Å²) < 4.78 is 5.54. The first-order valence-electron chi connectivity index (χ1n) is 5.63. The summed E-state index contributed by atoms with van der Waals surface area (Å²) in [6.45, 7) is 3.73. The summed E-state index contributed by atoms with van der Waals surface area (Å²) in [7, 11) is 0. The fourth-order valence-electron chi connectivity index (χ4n) is 1.87. The summed E-state index contributed by atoms with van der Waals surface area (Å²) in [6, 6.07) is 0. The maximum absolute atomic E-state index is 9.17. The summed E-state index contributed by atoms with van der Waals surface area (Å²) in [4.78, 5) is 0. The van der Waals surface area contributed by atoms with Crippen LogP contribution in [0, 0.1) is 5.41 Å². The third kappa shape index (κ3) is 3.56. The molecular weight excluding hydrogens is 178 g/mol.